The molecule has 0 unspecified atom stereocenters. The molecule has 0 aliphatic rings. The van der Waals surface area contributed by atoms with Gasteiger partial charge >= 0.3 is 0 Å². The summed E-state index contributed by atoms with van der Waals surface area (Å²) in [5, 5.41) is 7.74. The Morgan fingerprint density at radius 1 is 1.04 bits per heavy atom. The fraction of sp³-hybridized carbons (Fsp3) is 0.200. The molecule has 3 aromatic rings. The molecule has 0 radical (unpaired) electrons. The highest BCUT2D eigenvalue weighted by atomic mass is 19.1. The lowest BCUT2D eigenvalue weighted by molar-refractivity contribution is 0.626. The van der Waals surface area contributed by atoms with Crippen molar-refractivity contribution in [1.29, 1.82) is 0 Å². The van der Waals surface area contributed by atoms with Gasteiger partial charge in [0.15, 0.2) is 5.96 Å². The van der Waals surface area contributed by atoms with Gasteiger partial charge in [-0.1, -0.05) is 30.3 Å². The Hall–Kier alpha value is -2.95. The zero-order chi connectivity index (χ0) is 17.5. The lowest BCUT2D eigenvalue weighted by Gasteiger charge is -2.13. The highest BCUT2D eigenvalue weighted by molar-refractivity contribution is 5.83. The van der Waals surface area contributed by atoms with Crippen LogP contribution in [0.5, 0.6) is 0 Å². The fourth-order valence-corrected chi connectivity index (χ4v) is 2.69. The summed E-state index contributed by atoms with van der Waals surface area (Å²) in [5.74, 6) is 0.529. The van der Waals surface area contributed by atoms with Gasteiger partial charge in [0.05, 0.1) is 5.52 Å². The Balaban J connectivity index is 1.54. The number of halogens is 1. The summed E-state index contributed by atoms with van der Waals surface area (Å²) in [6.07, 6.45) is 2.63. The van der Waals surface area contributed by atoms with E-state index >= 15 is 0 Å². The van der Waals surface area contributed by atoms with Gasteiger partial charge in [-0.15, -0.1) is 0 Å². The molecule has 0 atom stereocenters. The Bertz CT molecular complexity index is 854. The predicted octanol–water partition coefficient (Wildman–Crippen LogP) is 3.28. The molecule has 2 N–H and O–H groups in total. The van der Waals surface area contributed by atoms with Gasteiger partial charge in [0.25, 0.3) is 0 Å². The first-order chi connectivity index (χ1) is 12.3. The van der Waals surface area contributed by atoms with Gasteiger partial charge in [-0.25, -0.2) is 4.39 Å². The van der Waals surface area contributed by atoms with Gasteiger partial charge in [0.1, 0.15) is 5.82 Å². The van der Waals surface area contributed by atoms with E-state index in [1.807, 2.05) is 30.5 Å². The number of fused-ring (bicyclic) bond motifs is 1. The molecule has 0 saturated carbocycles. The largest absolute Gasteiger partial charge is 0.356 e. The molecule has 4 nitrogen and oxygen atoms in total. The average Bonchev–Trinajstić information content (AvgIpc) is 2.66. The fourth-order valence-electron chi connectivity index (χ4n) is 2.69. The monoisotopic (exact) mass is 336 g/mol. The number of aliphatic imine (C=N–C) groups is 1. The molecule has 1 aromatic heterocycles. The predicted molar refractivity (Wildman–Crippen MR) is 100 cm³/mol. The molecule has 2 aromatic carbocycles. The second kappa shape index (κ2) is 8.24. The summed E-state index contributed by atoms with van der Waals surface area (Å²) in [6, 6.07) is 16.7. The molecule has 0 amide bonds. The minimum atomic E-state index is -0.209. The summed E-state index contributed by atoms with van der Waals surface area (Å²) < 4.78 is 12.9. The third-order valence-corrected chi connectivity index (χ3v) is 4.03. The van der Waals surface area contributed by atoms with E-state index in [9.17, 15) is 4.39 Å². The van der Waals surface area contributed by atoms with Crippen LogP contribution in [-0.4, -0.2) is 24.5 Å². The van der Waals surface area contributed by atoms with Crippen molar-refractivity contribution in [3.63, 3.8) is 0 Å². The van der Waals surface area contributed by atoms with Gasteiger partial charge in [-0.05, 0) is 41.8 Å². The molecule has 128 valence electrons. The van der Waals surface area contributed by atoms with Crippen molar-refractivity contribution < 1.29 is 4.39 Å². The van der Waals surface area contributed by atoms with Crippen molar-refractivity contribution in [2.75, 3.05) is 13.6 Å². The molecule has 1 heterocycles. The van der Waals surface area contributed by atoms with Crippen molar-refractivity contribution in [2.45, 2.75) is 13.0 Å². The standard InChI is InChI=1S/C20H21FN4/c1-22-20(24-12-10-15-6-8-17(21)9-7-15)25-14-16-11-13-23-19-5-3-2-4-18(16)19/h2-9,11,13H,10,12,14H2,1H3,(H2,22,24,25). The number of hydrogen-bond donors (Lipinski definition) is 2. The summed E-state index contributed by atoms with van der Waals surface area (Å²) in [4.78, 5) is 8.63. The molecule has 0 bridgehead atoms. The first kappa shape index (κ1) is 16.9. The van der Waals surface area contributed by atoms with Crippen LogP contribution in [0.2, 0.25) is 0 Å². The molecule has 0 fully saturated rings. The number of nitrogens with one attached hydrogen (secondary N) is 2. The van der Waals surface area contributed by atoms with Crippen molar-refractivity contribution in [3.8, 4) is 0 Å². The zero-order valence-corrected chi connectivity index (χ0v) is 14.2. The van der Waals surface area contributed by atoms with Crippen LogP contribution in [-0.2, 0) is 13.0 Å². The van der Waals surface area contributed by atoms with Crippen molar-refractivity contribution in [3.05, 3.63) is 77.7 Å². The topological polar surface area (TPSA) is 49.3 Å². The van der Waals surface area contributed by atoms with E-state index in [2.05, 4.69) is 26.7 Å². The molecule has 0 aliphatic heterocycles. The first-order valence-corrected chi connectivity index (χ1v) is 8.28. The number of pyridine rings is 1. The number of guanidine groups is 1. The summed E-state index contributed by atoms with van der Waals surface area (Å²) in [6.45, 7) is 1.39. The molecular formula is C20H21FN4. The van der Waals surface area contributed by atoms with Gasteiger partial charge in [-0.3, -0.25) is 9.98 Å². The van der Waals surface area contributed by atoms with Gasteiger partial charge in [0.2, 0.25) is 0 Å². The number of hydrogen-bond acceptors (Lipinski definition) is 2. The SMILES string of the molecule is CN=C(NCCc1ccc(F)cc1)NCc1ccnc2ccccc12. The molecule has 0 saturated heterocycles. The summed E-state index contributed by atoms with van der Waals surface area (Å²) in [5.41, 5.74) is 3.25. The number of benzene rings is 2. The van der Waals surface area contributed by atoms with Crippen molar-refractivity contribution in [1.82, 2.24) is 15.6 Å². The number of aromatic nitrogens is 1. The Labute approximate surface area is 146 Å². The van der Waals surface area contributed by atoms with Crippen molar-refractivity contribution >= 4 is 16.9 Å². The quantitative estimate of drug-likeness (QED) is 0.555. The Kier molecular flexibility index (Phi) is 5.57. The van der Waals surface area contributed by atoms with Gasteiger partial charge in [-0.2, -0.15) is 0 Å². The maximum absolute atomic E-state index is 12.9. The van der Waals surface area contributed by atoms with Gasteiger partial charge < -0.3 is 10.6 Å². The van der Waals surface area contributed by atoms with Crippen molar-refractivity contribution in [2.24, 2.45) is 4.99 Å². The molecular weight excluding hydrogens is 315 g/mol. The third-order valence-electron chi connectivity index (χ3n) is 4.03. The van der Waals surface area contributed by atoms with Crippen LogP contribution in [0.15, 0.2) is 65.8 Å². The van der Waals surface area contributed by atoms with E-state index in [4.69, 9.17) is 0 Å². The number of nitrogens with zero attached hydrogens (tertiary/aromatic N) is 2. The van der Waals surface area contributed by atoms with Crippen LogP contribution in [0.1, 0.15) is 11.1 Å². The van der Waals surface area contributed by atoms with E-state index < -0.39 is 0 Å². The lowest BCUT2D eigenvalue weighted by atomic mass is 10.1. The summed E-state index contributed by atoms with van der Waals surface area (Å²) >= 11 is 0. The highest BCUT2D eigenvalue weighted by Gasteiger charge is 2.03. The normalized spacial score (nSPS) is 11.5. The Morgan fingerprint density at radius 3 is 2.64 bits per heavy atom. The van der Waals surface area contributed by atoms with Crippen LogP contribution in [0.25, 0.3) is 10.9 Å². The Morgan fingerprint density at radius 2 is 1.84 bits per heavy atom. The molecule has 3 rings (SSSR count). The minimum Gasteiger partial charge on any atom is -0.356 e. The van der Waals surface area contributed by atoms with E-state index in [-0.39, 0.29) is 5.82 Å². The maximum atomic E-state index is 12.9. The third kappa shape index (κ3) is 4.53. The second-order valence-electron chi connectivity index (χ2n) is 5.72. The van der Waals surface area contributed by atoms with E-state index in [1.165, 1.54) is 17.7 Å². The number of para-hydroxylation sites is 1. The lowest BCUT2D eigenvalue weighted by Crippen LogP contribution is -2.37. The van der Waals surface area contributed by atoms with Crippen LogP contribution in [0.4, 0.5) is 4.39 Å². The van der Waals surface area contributed by atoms with Crippen LogP contribution < -0.4 is 10.6 Å². The molecule has 0 aliphatic carbocycles. The molecule has 25 heavy (non-hydrogen) atoms. The zero-order valence-electron chi connectivity index (χ0n) is 14.2. The molecule has 0 spiro atoms. The highest BCUT2D eigenvalue weighted by Crippen LogP contribution is 2.15. The summed E-state index contributed by atoms with van der Waals surface area (Å²) in [7, 11) is 1.75. The average molecular weight is 336 g/mol. The maximum Gasteiger partial charge on any atom is 0.191 e. The second-order valence-corrected chi connectivity index (χ2v) is 5.72. The smallest absolute Gasteiger partial charge is 0.191 e. The van der Waals surface area contributed by atoms with E-state index in [0.717, 1.165) is 35.4 Å². The first-order valence-electron chi connectivity index (χ1n) is 8.28. The van der Waals surface area contributed by atoms with Gasteiger partial charge in [0, 0.05) is 31.7 Å². The van der Waals surface area contributed by atoms with Crippen LogP contribution >= 0.6 is 0 Å². The van der Waals surface area contributed by atoms with Crippen LogP contribution in [0, 0.1) is 5.82 Å². The van der Waals surface area contributed by atoms with E-state index in [1.54, 1.807) is 19.2 Å². The van der Waals surface area contributed by atoms with E-state index in [0.29, 0.717) is 6.54 Å². The number of rotatable bonds is 5. The minimum absolute atomic E-state index is 0.209. The molecule has 5 heteroatoms. The van der Waals surface area contributed by atoms with Crippen LogP contribution in [0.3, 0.4) is 0 Å².